The fraction of sp³-hybridized carbons (Fsp3) is 0.200. The van der Waals surface area contributed by atoms with Gasteiger partial charge in [0.15, 0.2) is 15.3 Å². The highest BCUT2D eigenvalue weighted by atomic mass is 32.2. The van der Waals surface area contributed by atoms with E-state index < -0.39 is 37.3 Å². The van der Waals surface area contributed by atoms with Gasteiger partial charge in [-0.1, -0.05) is 30.3 Å². The molecule has 1 aliphatic rings. The quantitative estimate of drug-likeness (QED) is 0.391. The summed E-state index contributed by atoms with van der Waals surface area (Å²) in [4.78, 5) is 15.6. The number of sulfone groups is 2. The fourth-order valence-corrected chi connectivity index (χ4v) is 7.39. The van der Waals surface area contributed by atoms with Crippen LogP contribution in [0.4, 0.5) is 5.69 Å². The van der Waals surface area contributed by atoms with Gasteiger partial charge in [0.05, 0.1) is 26.9 Å². The Kier molecular flexibility index (Phi) is 7.82. The number of carbonyl (C=O) groups is 1. The first kappa shape index (κ1) is 25.9. The van der Waals surface area contributed by atoms with Gasteiger partial charge < -0.3 is 10.4 Å². The molecule has 0 bridgehead atoms. The number of aliphatic carboxylic acids is 1. The predicted molar refractivity (Wildman–Crippen MR) is 140 cm³/mol. The Balaban J connectivity index is 1.51. The second-order valence-electron chi connectivity index (χ2n) is 8.15. The van der Waals surface area contributed by atoms with E-state index in [-0.39, 0.29) is 26.6 Å². The molecule has 2 N–H and O–H groups in total. The standard InChI is InChI=1S/C25H24N2O6S3/c28-24(29)16-19(18-4-2-1-3-5-18)17-35(30,31)21-10-12-23(13-11-21)36(32,33)22-8-6-20(7-9-22)27-25-26-14-15-34-25/h1-14,19,25,27H,15-17H2,(H,28,29). The van der Waals surface area contributed by atoms with Gasteiger partial charge in [-0.15, -0.1) is 11.8 Å². The molecule has 0 spiro atoms. The normalized spacial score (nSPS) is 16.5. The van der Waals surface area contributed by atoms with Gasteiger partial charge in [0.1, 0.15) is 0 Å². The van der Waals surface area contributed by atoms with Crippen LogP contribution in [0.5, 0.6) is 0 Å². The average Bonchev–Trinajstić information content (AvgIpc) is 3.37. The van der Waals surface area contributed by atoms with Crippen LogP contribution in [0.15, 0.2) is 98.5 Å². The minimum atomic E-state index is -3.88. The van der Waals surface area contributed by atoms with Crippen LogP contribution < -0.4 is 5.32 Å². The van der Waals surface area contributed by atoms with Crippen molar-refractivity contribution in [2.75, 3.05) is 16.8 Å². The number of anilines is 1. The van der Waals surface area contributed by atoms with Gasteiger partial charge in [-0.05, 0) is 54.1 Å². The van der Waals surface area contributed by atoms with Crippen LogP contribution in [0.1, 0.15) is 17.9 Å². The Morgan fingerprint density at radius 1 is 0.917 bits per heavy atom. The lowest BCUT2D eigenvalue weighted by molar-refractivity contribution is -0.137. The Bertz CT molecular complexity index is 1450. The zero-order valence-electron chi connectivity index (χ0n) is 19.0. The molecule has 188 valence electrons. The van der Waals surface area contributed by atoms with Crippen molar-refractivity contribution in [3.63, 3.8) is 0 Å². The summed E-state index contributed by atoms with van der Waals surface area (Å²) in [5.74, 6) is -1.43. The maximum absolute atomic E-state index is 13.1. The molecular weight excluding hydrogens is 520 g/mol. The van der Waals surface area contributed by atoms with Gasteiger partial charge >= 0.3 is 5.97 Å². The first-order valence-corrected chi connectivity index (χ1v) is 15.2. The van der Waals surface area contributed by atoms with Crippen LogP contribution in [-0.2, 0) is 24.5 Å². The lowest BCUT2D eigenvalue weighted by atomic mass is 9.98. The number of nitrogens with one attached hydrogen (secondary N) is 1. The van der Waals surface area contributed by atoms with Crippen molar-refractivity contribution in [2.45, 2.75) is 32.5 Å². The van der Waals surface area contributed by atoms with Crippen LogP contribution >= 0.6 is 11.8 Å². The van der Waals surface area contributed by atoms with Crippen molar-refractivity contribution in [1.29, 1.82) is 0 Å². The maximum Gasteiger partial charge on any atom is 0.303 e. The first-order valence-electron chi connectivity index (χ1n) is 11.0. The van der Waals surface area contributed by atoms with Crippen molar-refractivity contribution in [3.05, 3.63) is 84.4 Å². The second-order valence-corrected chi connectivity index (χ2v) is 13.2. The lowest BCUT2D eigenvalue weighted by Gasteiger charge is -2.16. The number of hydrogen-bond donors (Lipinski definition) is 2. The van der Waals surface area contributed by atoms with Crippen LogP contribution in [0.3, 0.4) is 0 Å². The van der Waals surface area contributed by atoms with Crippen molar-refractivity contribution >= 4 is 49.3 Å². The van der Waals surface area contributed by atoms with E-state index in [1.54, 1.807) is 54.2 Å². The minimum Gasteiger partial charge on any atom is -0.481 e. The van der Waals surface area contributed by atoms with E-state index in [2.05, 4.69) is 10.3 Å². The van der Waals surface area contributed by atoms with Gasteiger partial charge in [-0.3, -0.25) is 9.79 Å². The highest BCUT2D eigenvalue weighted by Crippen LogP contribution is 2.28. The van der Waals surface area contributed by atoms with E-state index in [9.17, 15) is 26.7 Å². The summed E-state index contributed by atoms with van der Waals surface area (Å²) >= 11 is 1.62. The average molecular weight is 545 g/mol. The summed E-state index contributed by atoms with van der Waals surface area (Å²) in [6.45, 7) is 0. The smallest absolute Gasteiger partial charge is 0.303 e. The van der Waals surface area contributed by atoms with Crippen molar-refractivity contribution in [3.8, 4) is 0 Å². The molecule has 1 aliphatic heterocycles. The molecule has 0 fully saturated rings. The van der Waals surface area contributed by atoms with E-state index in [1.165, 1.54) is 36.4 Å². The molecule has 3 aromatic carbocycles. The summed E-state index contributed by atoms with van der Waals surface area (Å²) in [6, 6.07) is 19.9. The second kappa shape index (κ2) is 10.9. The van der Waals surface area contributed by atoms with Crippen LogP contribution in [0.25, 0.3) is 0 Å². The molecule has 0 radical (unpaired) electrons. The highest BCUT2D eigenvalue weighted by molar-refractivity contribution is 8.00. The van der Waals surface area contributed by atoms with Gasteiger partial charge in [-0.25, -0.2) is 16.8 Å². The molecule has 2 atom stereocenters. The van der Waals surface area contributed by atoms with Gasteiger partial charge in [-0.2, -0.15) is 0 Å². The molecule has 0 aromatic heterocycles. The molecule has 36 heavy (non-hydrogen) atoms. The number of hydrogen-bond acceptors (Lipinski definition) is 8. The Labute approximate surface area is 214 Å². The van der Waals surface area contributed by atoms with Crippen molar-refractivity contribution in [2.24, 2.45) is 4.99 Å². The summed E-state index contributed by atoms with van der Waals surface area (Å²) in [6.07, 6.45) is 1.48. The van der Waals surface area contributed by atoms with E-state index in [0.717, 1.165) is 11.4 Å². The van der Waals surface area contributed by atoms with E-state index >= 15 is 0 Å². The SMILES string of the molecule is O=C(O)CC(CS(=O)(=O)c1ccc(S(=O)(=O)c2ccc(NC3N=CCS3)cc2)cc1)c1ccccc1. The molecule has 0 saturated heterocycles. The van der Waals surface area contributed by atoms with E-state index in [1.807, 2.05) is 6.21 Å². The fourth-order valence-electron chi connectivity index (χ4n) is 3.80. The molecule has 11 heteroatoms. The lowest BCUT2D eigenvalue weighted by Crippen LogP contribution is -2.18. The topological polar surface area (TPSA) is 130 Å². The first-order chi connectivity index (χ1) is 17.1. The van der Waals surface area contributed by atoms with Gasteiger partial charge in [0.2, 0.25) is 9.84 Å². The van der Waals surface area contributed by atoms with E-state index in [0.29, 0.717) is 5.56 Å². The summed E-state index contributed by atoms with van der Waals surface area (Å²) in [5.41, 5.74) is 1.25. The molecule has 4 rings (SSSR count). The molecular formula is C25H24N2O6S3. The Morgan fingerprint density at radius 2 is 1.50 bits per heavy atom. The summed E-state index contributed by atoms with van der Waals surface area (Å²) in [5, 5.41) is 12.5. The van der Waals surface area contributed by atoms with Gasteiger partial charge in [0, 0.05) is 23.6 Å². The van der Waals surface area contributed by atoms with Crippen LogP contribution in [0.2, 0.25) is 0 Å². The van der Waals surface area contributed by atoms with E-state index in [4.69, 9.17) is 0 Å². The van der Waals surface area contributed by atoms with Gasteiger partial charge in [0.25, 0.3) is 0 Å². The summed E-state index contributed by atoms with van der Waals surface area (Å²) < 4.78 is 52.2. The molecule has 3 aromatic rings. The third kappa shape index (κ3) is 6.15. The van der Waals surface area contributed by atoms with Crippen LogP contribution in [-0.4, -0.2) is 51.1 Å². The molecule has 1 heterocycles. The minimum absolute atomic E-state index is 0.0387. The number of carboxylic acids is 1. The molecule has 0 aliphatic carbocycles. The van der Waals surface area contributed by atoms with Crippen molar-refractivity contribution < 1.29 is 26.7 Å². The molecule has 0 amide bonds. The zero-order valence-corrected chi connectivity index (χ0v) is 21.5. The molecule has 0 saturated carbocycles. The number of carboxylic acid groups (broad SMARTS) is 1. The van der Waals surface area contributed by atoms with Crippen LogP contribution in [0, 0.1) is 0 Å². The Hall–Kier alpha value is -3.15. The number of thioether (sulfide) groups is 1. The number of rotatable bonds is 10. The highest BCUT2D eigenvalue weighted by Gasteiger charge is 2.26. The number of benzene rings is 3. The molecule has 2 unspecified atom stereocenters. The third-order valence-electron chi connectivity index (χ3n) is 5.63. The maximum atomic E-state index is 13.1. The zero-order chi connectivity index (χ0) is 25.8. The summed E-state index contributed by atoms with van der Waals surface area (Å²) in [7, 11) is -7.74. The monoisotopic (exact) mass is 544 g/mol. The Morgan fingerprint density at radius 3 is 2.06 bits per heavy atom. The number of aliphatic imine (C=N–C) groups is 1. The largest absolute Gasteiger partial charge is 0.481 e. The molecule has 8 nitrogen and oxygen atoms in total. The third-order valence-corrected chi connectivity index (χ3v) is 10.1. The van der Waals surface area contributed by atoms with Crippen molar-refractivity contribution in [1.82, 2.24) is 0 Å². The number of nitrogens with zero attached hydrogens (tertiary/aromatic N) is 1. The predicted octanol–water partition coefficient (Wildman–Crippen LogP) is 4.06.